The second-order valence-electron chi connectivity index (χ2n) is 6.71. The SMILES string of the molecule is COc1ccc(NC(=O)c2cnc([C@H]3CCCN(C(C)=O)C3)nc2C)cc1. The number of hydrogen-bond donors (Lipinski definition) is 1. The van der Waals surface area contributed by atoms with Gasteiger partial charge >= 0.3 is 0 Å². The fraction of sp³-hybridized carbons (Fsp3) is 0.400. The van der Waals surface area contributed by atoms with Gasteiger partial charge in [-0.15, -0.1) is 0 Å². The number of carbonyl (C=O) groups is 2. The average Bonchev–Trinajstić information content (AvgIpc) is 2.68. The molecule has 1 aliphatic heterocycles. The number of rotatable bonds is 4. The molecule has 1 N–H and O–H groups in total. The normalized spacial score (nSPS) is 16.7. The minimum Gasteiger partial charge on any atom is -0.497 e. The van der Waals surface area contributed by atoms with E-state index in [-0.39, 0.29) is 17.7 Å². The number of aromatic nitrogens is 2. The number of piperidine rings is 1. The molecule has 3 rings (SSSR count). The zero-order valence-corrected chi connectivity index (χ0v) is 15.9. The van der Waals surface area contributed by atoms with E-state index < -0.39 is 0 Å². The van der Waals surface area contributed by atoms with Crippen LogP contribution in [0, 0.1) is 6.92 Å². The number of methoxy groups -OCH3 is 1. The van der Waals surface area contributed by atoms with Crippen molar-refractivity contribution in [3.8, 4) is 5.75 Å². The van der Waals surface area contributed by atoms with Gasteiger partial charge in [-0.25, -0.2) is 9.97 Å². The lowest BCUT2D eigenvalue weighted by atomic mass is 9.97. The summed E-state index contributed by atoms with van der Waals surface area (Å²) < 4.78 is 5.11. The molecule has 0 aliphatic carbocycles. The van der Waals surface area contributed by atoms with Crippen LogP contribution in [-0.4, -0.2) is 46.9 Å². The fourth-order valence-corrected chi connectivity index (χ4v) is 3.25. The van der Waals surface area contributed by atoms with Crippen LogP contribution < -0.4 is 10.1 Å². The number of benzene rings is 1. The van der Waals surface area contributed by atoms with Crippen LogP contribution in [-0.2, 0) is 4.79 Å². The predicted octanol–water partition coefficient (Wildman–Crippen LogP) is 2.77. The van der Waals surface area contributed by atoms with Crippen molar-refractivity contribution in [2.24, 2.45) is 0 Å². The second kappa shape index (κ2) is 8.16. The number of nitrogens with one attached hydrogen (secondary N) is 1. The number of nitrogens with zero attached hydrogens (tertiary/aromatic N) is 3. The third kappa shape index (κ3) is 4.42. The van der Waals surface area contributed by atoms with Gasteiger partial charge in [0, 0.05) is 37.8 Å². The van der Waals surface area contributed by atoms with Crippen molar-refractivity contribution in [1.82, 2.24) is 14.9 Å². The van der Waals surface area contributed by atoms with E-state index in [4.69, 9.17) is 4.74 Å². The molecule has 0 saturated carbocycles. The Balaban J connectivity index is 1.71. The summed E-state index contributed by atoms with van der Waals surface area (Å²) in [7, 11) is 1.60. The van der Waals surface area contributed by atoms with Crippen molar-refractivity contribution in [1.29, 1.82) is 0 Å². The Hall–Kier alpha value is -2.96. The van der Waals surface area contributed by atoms with Crippen LogP contribution in [0.1, 0.15) is 47.6 Å². The maximum absolute atomic E-state index is 12.5. The van der Waals surface area contributed by atoms with Crippen LogP contribution in [0.25, 0.3) is 0 Å². The molecular formula is C20H24N4O3. The summed E-state index contributed by atoms with van der Waals surface area (Å²) in [6.07, 6.45) is 3.45. The zero-order valence-electron chi connectivity index (χ0n) is 15.9. The molecule has 0 radical (unpaired) electrons. The van der Waals surface area contributed by atoms with Gasteiger partial charge in [-0.2, -0.15) is 0 Å². The molecule has 27 heavy (non-hydrogen) atoms. The van der Waals surface area contributed by atoms with Crippen molar-refractivity contribution in [3.05, 3.63) is 47.5 Å². The molecule has 2 aromatic rings. The lowest BCUT2D eigenvalue weighted by Crippen LogP contribution is -2.38. The van der Waals surface area contributed by atoms with Crippen molar-refractivity contribution in [2.45, 2.75) is 32.6 Å². The van der Waals surface area contributed by atoms with Gasteiger partial charge < -0.3 is 15.0 Å². The monoisotopic (exact) mass is 368 g/mol. The van der Waals surface area contributed by atoms with Crippen LogP contribution in [0.2, 0.25) is 0 Å². The molecule has 0 spiro atoms. The molecule has 2 heterocycles. The maximum atomic E-state index is 12.5. The van der Waals surface area contributed by atoms with Gasteiger partial charge in [0.25, 0.3) is 5.91 Å². The molecule has 1 fully saturated rings. The second-order valence-corrected chi connectivity index (χ2v) is 6.71. The van der Waals surface area contributed by atoms with Gasteiger partial charge in [0.2, 0.25) is 5.91 Å². The van der Waals surface area contributed by atoms with E-state index in [9.17, 15) is 9.59 Å². The summed E-state index contributed by atoms with van der Waals surface area (Å²) in [5.74, 6) is 1.36. The van der Waals surface area contributed by atoms with Gasteiger partial charge in [0.1, 0.15) is 11.6 Å². The number of ether oxygens (including phenoxy) is 1. The Bertz CT molecular complexity index is 836. The summed E-state index contributed by atoms with van der Waals surface area (Å²) in [5.41, 5.74) is 1.74. The molecule has 1 aromatic carbocycles. The van der Waals surface area contributed by atoms with Crippen LogP contribution >= 0.6 is 0 Å². The third-order valence-corrected chi connectivity index (χ3v) is 4.82. The number of anilines is 1. The maximum Gasteiger partial charge on any atom is 0.259 e. The summed E-state index contributed by atoms with van der Waals surface area (Å²) in [5, 5.41) is 2.84. The number of amides is 2. The fourth-order valence-electron chi connectivity index (χ4n) is 3.25. The van der Waals surface area contributed by atoms with E-state index in [1.54, 1.807) is 51.4 Å². The highest BCUT2D eigenvalue weighted by Crippen LogP contribution is 2.25. The zero-order chi connectivity index (χ0) is 19.4. The van der Waals surface area contributed by atoms with Crippen molar-refractivity contribution in [2.75, 3.05) is 25.5 Å². The molecule has 7 heteroatoms. The molecule has 2 amide bonds. The minimum atomic E-state index is -0.252. The quantitative estimate of drug-likeness (QED) is 0.897. The molecule has 1 aliphatic rings. The standard InChI is InChI=1S/C20H24N4O3/c1-13-18(20(26)23-16-6-8-17(27-3)9-7-16)11-21-19(22-13)15-5-4-10-24(12-15)14(2)25/h6-9,11,15H,4-5,10,12H2,1-3H3,(H,23,26)/t15-/m0/s1. The molecule has 1 saturated heterocycles. The van der Waals surface area contributed by atoms with Gasteiger partial charge in [-0.1, -0.05) is 0 Å². The van der Waals surface area contributed by atoms with Crippen molar-refractivity contribution < 1.29 is 14.3 Å². The van der Waals surface area contributed by atoms with Crippen LogP contribution in [0.3, 0.4) is 0 Å². The van der Waals surface area contributed by atoms with Crippen molar-refractivity contribution in [3.63, 3.8) is 0 Å². The first-order chi connectivity index (χ1) is 13.0. The lowest BCUT2D eigenvalue weighted by Gasteiger charge is -2.31. The predicted molar refractivity (Wildman–Crippen MR) is 102 cm³/mol. The van der Waals surface area contributed by atoms with E-state index in [1.165, 1.54) is 0 Å². The highest BCUT2D eigenvalue weighted by atomic mass is 16.5. The molecule has 7 nitrogen and oxygen atoms in total. The molecule has 0 bridgehead atoms. The number of likely N-dealkylation sites (tertiary alicyclic amines) is 1. The van der Waals surface area contributed by atoms with Gasteiger partial charge in [0.05, 0.1) is 18.4 Å². The lowest BCUT2D eigenvalue weighted by molar-refractivity contribution is -0.130. The van der Waals surface area contributed by atoms with Gasteiger partial charge in [-0.3, -0.25) is 9.59 Å². The van der Waals surface area contributed by atoms with E-state index >= 15 is 0 Å². The van der Waals surface area contributed by atoms with E-state index in [0.717, 1.165) is 25.1 Å². The Morgan fingerprint density at radius 1 is 1.26 bits per heavy atom. The first kappa shape index (κ1) is 18.8. The van der Waals surface area contributed by atoms with E-state index in [2.05, 4.69) is 15.3 Å². The number of hydrogen-bond acceptors (Lipinski definition) is 5. The Morgan fingerprint density at radius 3 is 2.63 bits per heavy atom. The highest BCUT2D eigenvalue weighted by molar-refractivity contribution is 6.04. The van der Waals surface area contributed by atoms with E-state index in [1.807, 2.05) is 4.90 Å². The molecule has 142 valence electrons. The smallest absolute Gasteiger partial charge is 0.259 e. The van der Waals surface area contributed by atoms with Crippen LogP contribution in [0.4, 0.5) is 5.69 Å². The van der Waals surface area contributed by atoms with E-state index in [0.29, 0.717) is 29.3 Å². The number of aryl methyl sites for hydroxylation is 1. The Labute approximate surface area is 158 Å². The summed E-state index contributed by atoms with van der Waals surface area (Å²) in [6.45, 7) is 4.81. The van der Waals surface area contributed by atoms with Gasteiger partial charge in [-0.05, 0) is 44.0 Å². The molecule has 0 unspecified atom stereocenters. The Kier molecular flexibility index (Phi) is 5.69. The topological polar surface area (TPSA) is 84.4 Å². The summed E-state index contributed by atoms with van der Waals surface area (Å²) in [4.78, 5) is 35.0. The summed E-state index contributed by atoms with van der Waals surface area (Å²) in [6, 6.07) is 7.12. The van der Waals surface area contributed by atoms with Crippen LogP contribution in [0.15, 0.2) is 30.5 Å². The Morgan fingerprint density at radius 2 is 2.00 bits per heavy atom. The first-order valence-electron chi connectivity index (χ1n) is 9.02. The van der Waals surface area contributed by atoms with Crippen molar-refractivity contribution >= 4 is 17.5 Å². The molecular weight excluding hydrogens is 344 g/mol. The van der Waals surface area contributed by atoms with Crippen LogP contribution in [0.5, 0.6) is 5.75 Å². The first-order valence-corrected chi connectivity index (χ1v) is 9.02. The minimum absolute atomic E-state index is 0.0758. The third-order valence-electron chi connectivity index (χ3n) is 4.82. The number of carbonyl (C=O) groups excluding carboxylic acids is 2. The van der Waals surface area contributed by atoms with Gasteiger partial charge in [0.15, 0.2) is 0 Å². The highest BCUT2D eigenvalue weighted by Gasteiger charge is 2.25. The average molecular weight is 368 g/mol. The molecule has 1 aromatic heterocycles. The summed E-state index contributed by atoms with van der Waals surface area (Å²) >= 11 is 0. The largest absolute Gasteiger partial charge is 0.497 e. The molecule has 1 atom stereocenters.